The van der Waals surface area contributed by atoms with Gasteiger partial charge in [-0.25, -0.2) is 0 Å². The molecule has 3 rings (SSSR count). The Bertz CT molecular complexity index is 323. The molecule has 3 aliphatic rings. The van der Waals surface area contributed by atoms with E-state index in [0.717, 1.165) is 29.6 Å². The van der Waals surface area contributed by atoms with Crippen LogP contribution in [0.15, 0.2) is 0 Å². The molecule has 0 aromatic heterocycles. The van der Waals surface area contributed by atoms with Gasteiger partial charge in [0.1, 0.15) is 0 Å². The lowest BCUT2D eigenvalue weighted by atomic mass is 9.65. The highest BCUT2D eigenvalue weighted by Gasteiger charge is 2.34. The third-order valence-electron chi connectivity index (χ3n) is 7.74. The van der Waals surface area contributed by atoms with E-state index in [9.17, 15) is 0 Å². The lowest BCUT2D eigenvalue weighted by Gasteiger charge is -2.41. The van der Waals surface area contributed by atoms with E-state index >= 15 is 0 Å². The molecule has 3 fully saturated rings. The van der Waals surface area contributed by atoms with Gasteiger partial charge in [0.15, 0.2) is 0 Å². The lowest BCUT2D eigenvalue weighted by molar-refractivity contribution is 0.0246. The van der Waals surface area contributed by atoms with Gasteiger partial charge < -0.3 is 4.74 Å². The first kappa shape index (κ1) is 17.8. The zero-order valence-corrected chi connectivity index (χ0v) is 15.8. The van der Waals surface area contributed by atoms with Crippen molar-refractivity contribution < 1.29 is 4.74 Å². The van der Waals surface area contributed by atoms with Crippen LogP contribution in [0.3, 0.4) is 0 Å². The van der Waals surface area contributed by atoms with Crippen LogP contribution in [0, 0.1) is 29.6 Å². The van der Waals surface area contributed by atoms with Crippen molar-refractivity contribution >= 4 is 0 Å². The molecule has 0 saturated heterocycles. The maximum absolute atomic E-state index is 5.66. The van der Waals surface area contributed by atoms with Gasteiger partial charge in [0, 0.05) is 7.11 Å². The Balaban J connectivity index is 1.40. The van der Waals surface area contributed by atoms with Gasteiger partial charge in [-0.1, -0.05) is 39.0 Å². The Morgan fingerprint density at radius 2 is 1.26 bits per heavy atom. The average Bonchev–Trinajstić information content (AvgIpc) is 2.63. The number of ether oxygens (including phenoxy) is 1. The largest absolute Gasteiger partial charge is 0.381 e. The van der Waals surface area contributed by atoms with E-state index in [1.807, 2.05) is 7.11 Å². The third-order valence-corrected chi connectivity index (χ3v) is 7.74. The van der Waals surface area contributed by atoms with Gasteiger partial charge in [0.2, 0.25) is 0 Å². The molecule has 23 heavy (non-hydrogen) atoms. The first-order valence-electron chi connectivity index (χ1n) is 10.8. The number of rotatable bonds is 5. The highest BCUT2D eigenvalue weighted by molar-refractivity contribution is 4.86. The van der Waals surface area contributed by atoms with Crippen LogP contribution in [0.4, 0.5) is 0 Å². The minimum atomic E-state index is 0.570. The van der Waals surface area contributed by atoms with Crippen molar-refractivity contribution in [2.45, 2.75) is 103 Å². The molecule has 0 amide bonds. The van der Waals surface area contributed by atoms with Crippen molar-refractivity contribution in [3.63, 3.8) is 0 Å². The van der Waals surface area contributed by atoms with Crippen LogP contribution < -0.4 is 0 Å². The Morgan fingerprint density at radius 1 is 0.696 bits per heavy atom. The van der Waals surface area contributed by atoms with Gasteiger partial charge in [0.05, 0.1) is 6.10 Å². The van der Waals surface area contributed by atoms with E-state index in [4.69, 9.17) is 4.74 Å². The van der Waals surface area contributed by atoms with E-state index in [-0.39, 0.29) is 0 Å². The highest BCUT2D eigenvalue weighted by atomic mass is 16.5. The maximum Gasteiger partial charge on any atom is 0.0574 e. The van der Waals surface area contributed by atoms with Crippen molar-refractivity contribution in [3.8, 4) is 0 Å². The van der Waals surface area contributed by atoms with Crippen LogP contribution in [0.25, 0.3) is 0 Å². The molecular weight excluding hydrogens is 280 g/mol. The van der Waals surface area contributed by atoms with Crippen LogP contribution in [-0.2, 0) is 4.74 Å². The van der Waals surface area contributed by atoms with Crippen LogP contribution in [0.5, 0.6) is 0 Å². The molecule has 0 aromatic carbocycles. The zero-order chi connectivity index (χ0) is 16.1. The fraction of sp³-hybridized carbons (Fsp3) is 1.00. The fourth-order valence-corrected chi connectivity index (χ4v) is 6.27. The topological polar surface area (TPSA) is 9.23 Å². The predicted octanol–water partition coefficient (Wildman–Crippen LogP) is 6.60. The molecular formula is C22H40O. The summed E-state index contributed by atoms with van der Waals surface area (Å²) in [7, 11) is 1.92. The molecule has 1 heteroatoms. The van der Waals surface area contributed by atoms with E-state index in [1.165, 1.54) is 64.2 Å². The number of methoxy groups -OCH3 is 1. The van der Waals surface area contributed by atoms with Crippen LogP contribution >= 0.6 is 0 Å². The minimum Gasteiger partial charge on any atom is -0.381 e. The SMILES string of the molecule is CCCC1CCC(C2CCC([C@H]3CCC[C@@H](OC)C3)CC2)CC1. The van der Waals surface area contributed by atoms with Crippen LogP contribution in [-0.4, -0.2) is 13.2 Å². The third kappa shape index (κ3) is 4.74. The second-order valence-corrected chi connectivity index (χ2v) is 9.03. The molecule has 0 spiro atoms. The standard InChI is InChI=1S/C22H40O/c1-3-5-17-8-10-18(11-9-17)19-12-14-20(15-13-19)21-6-4-7-22(16-21)23-2/h17-22H,3-16H2,1-2H3/t17?,18?,19?,20?,21-,22+/m0/s1. The second-order valence-electron chi connectivity index (χ2n) is 9.03. The smallest absolute Gasteiger partial charge is 0.0574 e. The normalized spacial score (nSPS) is 42.5. The van der Waals surface area contributed by atoms with Crippen molar-refractivity contribution in [3.05, 3.63) is 0 Å². The van der Waals surface area contributed by atoms with E-state index in [1.54, 1.807) is 25.7 Å². The number of hydrogen-bond acceptors (Lipinski definition) is 1. The first-order chi connectivity index (χ1) is 11.3. The molecule has 0 radical (unpaired) electrons. The Morgan fingerprint density at radius 3 is 1.83 bits per heavy atom. The molecule has 0 heterocycles. The summed E-state index contributed by atoms with van der Waals surface area (Å²) in [5, 5.41) is 0. The molecule has 0 aromatic rings. The highest BCUT2D eigenvalue weighted by Crippen LogP contribution is 2.45. The van der Waals surface area contributed by atoms with Gasteiger partial charge in [-0.05, 0) is 87.4 Å². The van der Waals surface area contributed by atoms with Crippen LogP contribution in [0.2, 0.25) is 0 Å². The summed E-state index contributed by atoms with van der Waals surface area (Å²) in [6.07, 6.45) is 21.3. The zero-order valence-electron chi connectivity index (χ0n) is 15.8. The van der Waals surface area contributed by atoms with E-state index in [2.05, 4.69) is 6.92 Å². The second kappa shape index (κ2) is 8.88. The Kier molecular flexibility index (Phi) is 6.86. The molecule has 0 unspecified atom stereocenters. The van der Waals surface area contributed by atoms with Gasteiger partial charge >= 0.3 is 0 Å². The summed E-state index contributed by atoms with van der Waals surface area (Å²) in [5.74, 6) is 5.24. The molecule has 0 aliphatic heterocycles. The van der Waals surface area contributed by atoms with E-state index < -0.39 is 0 Å². The van der Waals surface area contributed by atoms with Gasteiger partial charge in [-0.3, -0.25) is 0 Å². The predicted molar refractivity (Wildman–Crippen MR) is 98.6 cm³/mol. The average molecular weight is 321 g/mol. The monoisotopic (exact) mass is 320 g/mol. The number of hydrogen-bond donors (Lipinski definition) is 0. The van der Waals surface area contributed by atoms with Gasteiger partial charge in [-0.15, -0.1) is 0 Å². The summed E-state index contributed by atoms with van der Waals surface area (Å²) < 4.78 is 5.66. The summed E-state index contributed by atoms with van der Waals surface area (Å²) >= 11 is 0. The van der Waals surface area contributed by atoms with Gasteiger partial charge in [-0.2, -0.15) is 0 Å². The quantitative estimate of drug-likeness (QED) is 0.554. The Labute approximate surface area is 144 Å². The van der Waals surface area contributed by atoms with Crippen molar-refractivity contribution in [2.75, 3.05) is 7.11 Å². The molecule has 2 atom stereocenters. The molecule has 3 aliphatic carbocycles. The molecule has 3 saturated carbocycles. The molecule has 1 nitrogen and oxygen atoms in total. The first-order valence-corrected chi connectivity index (χ1v) is 10.8. The van der Waals surface area contributed by atoms with Crippen molar-refractivity contribution in [1.82, 2.24) is 0 Å². The summed E-state index contributed by atoms with van der Waals surface area (Å²) in [5.41, 5.74) is 0. The molecule has 0 bridgehead atoms. The van der Waals surface area contributed by atoms with E-state index in [0.29, 0.717) is 6.10 Å². The van der Waals surface area contributed by atoms with Gasteiger partial charge in [0.25, 0.3) is 0 Å². The Hall–Kier alpha value is -0.0400. The van der Waals surface area contributed by atoms with Crippen LogP contribution in [0.1, 0.15) is 96.8 Å². The van der Waals surface area contributed by atoms with Crippen molar-refractivity contribution in [2.24, 2.45) is 29.6 Å². The van der Waals surface area contributed by atoms with Crippen molar-refractivity contribution in [1.29, 1.82) is 0 Å². The summed E-state index contributed by atoms with van der Waals surface area (Å²) in [6.45, 7) is 2.35. The minimum absolute atomic E-state index is 0.570. The molecule has 0 N–H and O–H groups in total. The lowest BCUT2D eigenvalue weighted by Crippen LogP contribution is -2.31. The molecule has 134 valence electrons. The summed E-state index contributed by atoms with van der Waals surface area (Å²) in [6, 6.07) is 0. The fourth-order valence-electron chi connectivity index (χ4n) is 6.27. The maximum atomic E-state index is 5.66. The summed E-state index contributed by atoms with van der Waals surface area (Å²) in [4.78, 5) is 0.